The number of aryl methyl sites for hydroxylation is 1. The molecule has 0 radical (unpaired) electrons. The van der Waals surface area contributed by atoms with Gasteiger partial charge >= 0.3 is 0 Å². The van der Waals surface area contributed by atoms with Crippen molar-refractivity contribution < 1.29 is 14.2 Å². The van der Waals surface area contributed by atoms with E-state index in [2.05, 4.69) is 15.1 Å². The molecule has 186 valence electrons. The van der Waals surface area contributed by atoms with Crippen molar-refractivity contribution in [2.75, 3.05) is 25.7 Å². The highest BCUT2D eigenvalue weighted by atomic mass is 16.5. The second-order valence-electron chi connectivity index (χ2n) is 9.02. The van der Waals surface area contributed by atoms with E-state index in [1.165, 1.54) is 0 Å². The van der Waals surface area contributed by atoms with Crippen LogP contribution < -0.4 is 25.7 Å². The minimum absolute atomic E-state index is 0.101. The van der Waals surface area contributed by atoms with Gasteiger partial charge in [-0.3, -0.25) is 4.68 Å². The average Bonchev–Trinajstić information content (AvgIpc) is 3.65. The van der Waals surface area contributed by atoms with Crippen LogP contribution in [0, 0.1) is 5.92 Å². The number of aromatic nitrogens is 4. The van der Waals surface area contributed by atoms with Gasteiger partial charge in [0.05, 0.1) is 26.1 Å². The van der Waals surface area contributed by atoms with Crippen LogP contribution in [-0.2, 0) is 13.5 Å². The normalized spacial score (nSPS) is 13.9. The molecular weight excluding hydrogens is 456 g/mol. The van der Waals surface area contributed by atoms with Gasteiger partial charge in [0, 0.05) is 60.7 Å². The van der Waals surface area contributed by atoms with E-state index in [0.717, 1.165) is 40.7 Å². The van der Waals surface area contributed by atoms with E-state index in [-0.39, 0.29) is 6.10 Å². The highest BCUT2D eigenvalue weighted by Crippen LogP contribution is 2.45. The lowest BCUT2D eigenvalue weighted by Gasteiger charge is -2.21. The molecule has 4 N–H and O–H groups in total. The molecule has 36 heavy (non-hydrogen) atoms. The Hall–Kier alpha value is -4.27. The molecule has 1 unspecified atom stereocenters. The number of pyridine rings is 2. The molecule has 0 aliphatic heterocycles. The van der Waals surface area contributed by atoms with Crippen molar-refractivity contribution in [2.24, 2.45) is 13.0 Å². The van der Waals surface area contributed by atoms with Crippen LogP contribution in [0.1, 0.15) is 35.6 Å². The monoisotopic (exact) mass is 486 g/mol. The molecule has 0 amide bonds. The number of anilines is 2. The maximum absolute atomic E-state index is 6.49. The van der Waals surface area contributed by atoms with Gasteiger partial charge in [-0.15, -0.1) is 0 Å². The highest BCUT2D eigenvalue weighted by Gasteiger charge is 2.35. The van der Waals surface area contributed by atoms with Crippen molar-refractivity contribution in [3.05, 3.63) is 71.8 Å². The van der Waals surface area contributed by atoms with Gasteiger partial charge in [-0.05, 0) is 42.2 Å². The van der Waals surface area contributed by atoms with Gasteiger partial charge in [-0.2, -0.15) is 5.10 Å². The van der Waals surface area contributed by atoms with Gasteiger partial charge in [0.25, 0.3) is 0 Å². The number of methoxy groups -OCH3 is 2. The molecular formula is C27H30N6O3. The number of rotatable bonds is 9. The minimum atomic E-state index is -0.101. The first-order valence-corrected chi connectivity index (χ1v) is 11.8. The van der Waals surface area contributed by atoms with Crippen molar-refractivity contribution in [2.45, 2.75) is 25.4 Å². The van der Waals surface area contributed by atoms with Crippen LogP contribution in [0.15, 0.2) is 55.1 Å². The molecule has 0 bridgehead atoms. The lowest BCUT2D eigenvalue weighted by atomic mass is 9.96. The van der Waals surface area contributed by atoms with Crippen molar-refractivity contribution >= 4 is 11.5 Å². The third-order valence-electron chi connectivity index (χ3n) is 6.48. The maximum atomic E-state index is 6.49. The van der Waals surface area contributed by atoms with E-state index in [0.29, 0.717) is 41.2 Å². The van der Waals surface area contributed by atoms with E-state index in [4.69, 9.17) is 25.7 Å². The zero-order chi connectivity index (χ0) is 25.2. The highest BCUT2D eigenvalue weighted by molar-refractivity contribution is 5.77. The quantitative estimate of drug-likeness (QED) is 0.361. The molecule has 9 heteroatoms. The van der Waals surface area contributed by atoms with E-state index in [1.54, 1.807) is 31.3 Å². The SMILES string of the molecule is COc1ccc(C(Oc2ccc(Cc3c(-c4cnn(C)c4)cnc(N)c3N)cc2OC)C2CC2)cn1. The Morgan fingerprint density at radius 3 is 2.47 bits per heavy atom. The van der Waals surface area contributed by atoms with E-state index in [1.807, 2.05) is 49.8 Å². The zero-order valence-electron chi connectivity index (χ0n) is 20.6. The topological polar surface area (TPSA) is 123 Å². The number of benzene rings is 1. The minimum Gasteiger partial charge on any atom is -0.493 e. The first-order valence-electron chi connectivity index (χ1n) is 11.8. The molecule has 3 aromatic heterocycles. The molecule has 4 aromatic rings. The van der Waals surface area contributed by atoms with Gasteiger partial charge in [0.2, 0.25) is 5.88 Å². The molecule has 3 heterocycles. The number of nitrogens with zero attached hydrogens (tertiary/aromatic N) is 4. The second kappa shape index (κ2) is 9.77. The van der Waals surface area contributed by atoms with Crippen LogP contribution in [0.2, 0.25) is 0 Å². The van der Waals surface area contributed by atoms with Crippen molar-refractivity contribution in [3.8, 4) is 28.5 Å². The van der Waals surface area contributed by atoms with E-state index in [9.17, 15) is 0 Å². The van der Waals surface area contributed by atoms with Gasteiger partial charge in [0.15, 0.2) is 11.5 Å². The van der Waals surface area contributed by atoms with Crippen molar-refractivity contribution in [1.29, 1.82) is 0 Å². The third kappa shape index (κ3) is 4.77. The lowest BCUT2D eigenvalue weighted by Crippen LogP contribution is -2.11. The summed E-state index contributed by atoms with van der Waals surface area (Å²) in [4.78, 5) is 8.62. The van der Waals surface area contributed by atoms with Gasteiger partial charge in [0.1, 0.15) is 11.9 Å². The van der Waals surface area contributed by atoms with Crippen LogP contribution in [0.25, 0.3) is 11.1 Å². The molecule has 1 atom stereocenters. The second-order valence-corrected chi connectivity index (χ2v) is 9.02. The largest absolute Gasteiger partial charge is 0.493 e. The van der Waals surface area contributed by atoms with Crippen LogP contribution >= 0.6 is 0 Å². The molecule has 1 aliphatic carbocycles. The van der Waals surface area contributed by atoms with Gasteiger partial charge in [-0.25, -0.2) is 9.97 Å². The summed E-state index contributed by atoms with van der Waals surface area (Å²) >= 11 is 0. The van der Waals surface area contributed by atoms with Crippen molar-refractivity contribution in [1.82, 2.24) is 19.7 Å². The predicted molar refractivity (Wildman–Crippen MR) is 138 cm³/mol. The number of ether oxygens (including phenoxy) is 3. The number of hydrogen-bond donors (Lipinski definition) is 2. The Balaban J connectivity index is 1.43. The zero-order valence-corrected chi connectivity index (χ0v) is 20.6. The van der Waals surface area contributed by atoms with Crippen LogP contribution in [0.3, 0.4) is 0 Å². The first kappa shape index (κ1) is 23.5. The summed E-state index contributed by atoms with van der Waals surface area (Å²) in [7, 11) is 5.13. The third-order valence-corrected chi connectivity index (χ3v) is 6.48. The molecule has 9 nitrogen and oxygen atoms in total. The molecule has 0 saturated heterocycles. The number of hydrogen-bond acceptors (Lipinski definition) is 8. The number of nitrogens with two attached hydrogens (primary N) is 2. The molecule has 0 spiro atoms. The Labute approximate surface area is 210 Å². The molecule has 1 fully saturated rings. The summed E-state index contributed by atoms with van der Waals surface area (Å²) < 4.78 is 19.2. The Morgan fingerprint density at radius 1 is 1.00 bits per heavy atom. The van der Waals surface area contributed by atoms with Crippen LogP contribution in [0.5, 0.6) is 17.4 Å². The summed E-state index contributed by atoms with van der Waals surface area (Å²) in [5.41, 5.74) is 17.7. The van der Waals surface area contributed by atoms with Gasteiger partial charge in [-0.1, -0.05) is 6.07 Å². The predicted octanol–water partition coefficient (Wildman–Crippen LogP) is 4.18. The fourth-order valence-corrected chi connectivity index (χ4v) is 4.36. The van der Waals surface area contributed by atoms with Crippen molar-refractivity contribution in [3.63, 3.8) is 0 Å². The average molecular weight is 487 g/mol. The lowest BCUT2D eigenvalue weighted by molar-refractivity contribution is 0.173. The van der Waals surface area contributed by atoms with Crippen LogP contribution in [-0.4, -0.2) is 34.0 Å². The van der Waals surface area contributed by atoms with Gasteiger partial charge < -0.3 is 25.7 Å². The Bertz CT molecular complexity index is 1360. The summed E-state index contributed by atoms with van der Waals surface area (Å²) in [6.45, 7) is 0. The fraction of sp³-hybridized carbons (Fsp3) is 0.296. The standard InChI is InChI=1S/C27H30N6O3/c1-33-15-19(13-32-33)21-14-31-27(29)25(28)20(21)10-16-4-8-22(23(11-16)34-2)36-26(17-5-6-17)18-7-9-24(35-3)30-12-18/h4,7-9,11-15,17,26H,5-6,10,28H2,1-3H3,(H2,29,31). The molecule has 5 rings (SSSR count). The maximum Gasteiger partial charge on any atom is 0.212 e. The summed E-state index contributed by atoms with van der Waals surface area (Å²) in [5, 5.41) is 4.28. The number of nitrogen functional groups attached to an aromatic ring is 2. The summed E-state index contributed by atoms with van der Waals surface area (Å²) in [6.07, 6.45) is 9.98. The summed E-state index contributed by atoms with van der Waals surface area (Å²) in [6, 6.07) is 9.82. The summed E-state index contributed by atoms with van der Waals surface area (Å²) in [5.74, 6) is 2.68. The first-order chi connectivity index (χ1) is 17.5. The fourth-order valence-electron chi connectivity index (χ4n) is 4.36. The Kier molecular flexibility index (Phi) is 6.37. The van der Waals surface area contributed by atoms with E-state index >= 15 is 0 Å². The molecule has 1 aromatic carbocycles. The van der Waals surface area contributed by atoms with E-state index < -0.39 is 0 Å². The van der Waals surface area contributed by atoms with Crippen LogP contribution in [0.4, 0.5) is 11.5 Å². The molecule has 1 aliphatic rings. The molecule has 1 saturated carbocycles. The smallest absolute Gasteiger partial charge is 0.212 e. The Morgan fingerprint density at radius 2 is 1.83 bits per heavy atom.